The molecular weight excluding hydrogens is 154 g/mol. The summed E-state index contributed by atoms with van der Waals surface area (Å²) in [6.45, 7) is 1.99. The standard InChI is InChI=1S/C9H15NO2/c1-9(12-7-10)5-3-8(11-2)4-6-9/h8H,3-6H2,1-2H3. The number of ether oxygens (including phenoxy) is 2. The molecule has 0 aromatic rings. The Morgan fingerprint density at radius 3 is 2.42 bits per heavy atom. The van der Waals surface area contributed by atoms with Crippen molar-refractivity contribution in [2.45, 2.75) is 44.3 Å². The van der Waals surface area contributed by atoms with E-state index < -0.39 is 0 Å². The molecule has 0 aromatic heterocycles. The van der Waals surface area contributed by atoms with E-state index in [1.807, 2.05) is 6.92 Å². The molecule has 0 N–H and O–H groups in total. The predicted molar refractivity (Wildman–Crippen MR) is 44.4 cm³/mol. The van der Waals surface area contributed by atoms with Crippen LogP contribution in [0.25, 0.3) is 0 Å². The molecule has 1 saturated carbocycles. The monoisotopic (exact) mass is 169 g/mol. The Balaban J connectivity index is 2.39. The second-order valence-electron chi connectivity index (χ2n) is 3.58. The van der Waals surface area contributed by atoms with Crippen LogP contribution in [0.5, 0.6) is 0 Å². The van der Waals surface area contributed by atoms with Crippen molar-refractivity contribution in [2.24, 2.45) is 0 Å². The smallest absolute Gasteiger partial charge is 0.286 e. The molecule has 3 heteroatoms. The Morgan fingerprint density at radius 2 is 2.00 bits per heavy atom. The van der Waals surface area contributed by atoms with E-state index in [1.54, 1.807) is 13.4 Å². The van der Waals surface area contributed by atoms with Crippen molar-refractivity contribution in [1.82, 2.24) is 0 Å². The maximum Gasteiger partial charge on any atom is 0.286 e. The Morgan fingerprint density at radius 1 is 1.42 bits per heavy atom. The van der Waals surface area contributed by atoms with Gasteiger partial charge in [0.25, 0.3) is 6.26 Å². The van der Waals surface area contributed by atoms with Crippen LogP contribution in [0.1, 0.15) is 32.6 Å². The van der Waals surface area contributed by atoms with Gasteiger partial charge in [0, 0.05) is 7.11 Å². The number of methoxy groups -OCH3 is 1. The van der Waals surface area contributed by atoms with E-state index in [4.69, 9.17) is 14.7 Å². The minimum atomic E-state index is -0.232. The van der Waals surface area contributed by atoms with E-state index in [0.717, 1.165) is 25.7 Å². The van der Waals surface area contributed by atoms with Crippen LogP contribution >= 0.6 is 0 Å². The topological polar surface area (TPSA) is 42.2 Å². The fourth-order valence-electron chi connectivity index (χ4n) is 1.65. The average Bonchev–Trinajstić information content (AvgIpc) is 2.06. The number of rotatable bonds is 2. The molecule has 1 aliphatic rings. The van der Waals surface area contributed by atoms with E-state index in [0.29, 0.717) is 6.10 Å². The average molecular weight is 169 g/mol. The van der Waals surface area contributed by atoms with E-state index >= 15 is 0 Å². The maximum absolute atomic E-state index is 8.40. The van der Waals surface area contributed by atoms with Gasteiger partial charge in [0.2, 0.25) is 0 Å². The van der Waals surface area contributed by atoms with Crippen molar-refractivity contribution in [2.75, 3.05) is 7.11 Å². The van der Waals surface area contributed by atoms with Crippen molar-refractivity contribution < 1.29 is 9.47 Å². The lowest BCUT2D eigenvalue weighted by molar-refractivity contribution is -0.0328. The zero-order chi connectivity index (χ0) is 9.03. The number of nitrogens with zero attached hydrogens (tertiary/aromatic N) is 1. The van der Waals surface area contributed by atoms with Crippen LogP contribution in [0.3, 0.4) is 0 Å². The summed E-state index contributed by atoms with van der Waals surface area (Å²) in [5, 5.41) is 8.40. The van der Waals surface area contributed by atoms with Crippen LogP contribution in [-0.2, 0) is 9.47 Å². The SMILES string of the molecule is COC1CCC(C)(OC#N)CC1. The number of hydrogen-bond donors (Lipinski definition) is 0. The highest BCUT2D eigenvalue weighted by atomic mass is 16.5. The molecule has 0 unspecified atom stereocenters. The van der Waals surface area contributed by atoms with E-state index in [-0.39, 0.29) is 5.60 Å². The van der Waals surface area contributed by atoms with Crippen molar-refractivity contribution in [3.05, 3.63) is 0 Å². The van der Waals surface area contributed by atoms with Gasteiger partial charge < -0.3 is 9.47 Å². The first-order valence-electron chi connectivity index (χ1n) is 4.30. The van der Waals surface area contributed by atoms with Gasteiger partial charge in [-0.15, -0.1) is 0 Å². The summed E-state index contributed by atoms with van der Waals surface area (Å²) in [6, 6.07) is 0. The molecule has 1 rings (SSSR count). The zero-order valence-electron chi connectivity index (χ0n) is 7.67. The zero-order valence-corrected chi connectivity index (χ0v) is 7.67. The van der Waals surface area contributed by atoms with E-state index in [1.165, 1.54) is 0 Å². The van der Waals surface area contributed by atoms with Crippen LogP contribution in [0.15, 0.2) is 0 Å². The van der Waals surface area contributed by atoms with Crippen molar-refractivity contribution >= 4 is 0 Å². The van der Waals surface area contributed by atoms with Gasteiger partial charge in [-0.1, -0.05) is 0 Å². The molecule has 0 atom stereocenters. The predicted octanol–water partition coefficient (Wildman–Crippen LogP) is 1.83. The van der Waals surface area contributed by atoms with Crippen LogP contribution in [0.4, 0.5) is 0 Å². The van der Waals surface area contributed by atoms with Gasteiger partial charge in [-0.2, -0.15) is 5.26 Å². The quantitative estimate of drug-likeness (QED) is 0.592. The molecule has 0 heterocycles. The molecule has 1 fully saturated rings. The summed E-state index contributed by atoms with van der Waals surface area (Å²) in [4.78, 5) is 0. The highest BCUT2D eigenvalue weighted by Crippen LogP contribution is 2.31. The number of nitriles is 1. The minimum absolute atomic E-state index is 0.232. The molecule has 0 bridgehead atoms. The van der Waals surface area contributed by atoms with Gasteiger partial charge in [0.05, 0.1) is 6.10 Å². The van der Waals surface area contributed by atoms with Gasteiger partial charge in [-0.05, 0) is 32.6 Å². The molecule has 3 nitrogen and oxygen atoms in total. The van der Waals surface area contributed by atoms with Gasteiger partial charge in [-0.25, -0.2) is 0 Å². The van der Waals surface area contributed by atoms with Gasteiger partial charge in [-0.3, -0.25) is 0 Å². The molecule has 0 radical (unpaired) electrons. The molecule has 0 saturated heterocycles. The van der Waals surface area contributed by atoms with E-state index in [9.17, 15) is 0 Å². The molecule has 1 aliphatic carbocycles. The summed E-state index contributed by atoms with van der Waals surface area (Å²) in [6.07, 6.45) is 5.95. The minimum Gasteiger partial charge on any atom is -0.421 e. The van der Waals surface area contributed by atoms with E-state index in [2.05, 4.69) is 0 Å². The third kappa shape index (κ3) is 2.12. The van der Waals surface area contributed by atoms with Gasteiger partial charge in [0.15, 0.2) is 0 Å². The third-order valence-electron chi connectivity index (χ3n) is 2.62. The third-order valence-corrected chi connectivity index (χ3v) is 2.62. The van der Waals surface area contributed by atoms with Gasteiger partial charge in [0.1, 0.15) is 5.60 Å². The van der Waals surface area contributed by atoms with Crippen LogP contribution in [-0.4, -0.2) is 18.8 Å². The second-order valence-corrected chi connectivity index (χ2v) is 3.58. The molecular formula is C9H15NO2. The molecule has 0 spiro atoms. The molecule has 0 aromatic carbocycles. The number of hydrogen-bond acceptors (Lipinski definition) is 3. The largest absolute Gasteiger partial charge is 0.421 e. The van der Waals surface area contributed by atoms with Crippen molar-refractivity contribution in [1.29, 1.82) is 5.26 Å². The fraction of sp³-hybridized carbons (Fsp3) is 0.889. The first-order chi connectivity index (χ1) is 5.70. The highest BCUT2D eigenvalue weighted by molar-refractivity contribution is 4.85. The van der Waals surface area contributed by atoms with Crippen LogP contribution in [0, 0.1) is 11.5 Å². The lowest BCUT2D eigenvalue weighted by atomic mass is 9.84. The van der Waals surface area contributed by atoms with Crippen molar-refractivity contribution in [3.63, 3.8) is 0 Å². The summed E-state index contributed by atoms with van der Waals surface area (Å²) in [5.74, 6) is 0. The van der Waals surface area contributed by atoms with Gasteiger partial charge >= 0.3 is 0 Å². The first kappa shape index (κ1) is 9.34. The second kappa shape index (κ2) is 3.77. The Labute approximate surface area is 73.3 Å². The maximum atomic E-state index is 8.40. The van der Waals surface area contributed by atoms with Crippen molar-refractivity contribution in [3.8, 4) is 6.26 Å². The molecule has 12 heavy (non-hydrogen) atoms. The lowest BCUT2D eigenvalue weighted by Crippen LogP contribution is -2.34. The normalized spacial score (nSPS) is 35.6. The fourth-order valence-corrected chi connectivity index (χ4v) is 1.65. The Bertz CT molecular complexity index is 177. The molecule has 0 amide bonds. The highest BCUT2D eigenvalue weighted by Gasteiger charge is 2.32. The molecule has 68 valence electrons. The summed E-state index contributed by atoms with van der Waals surface area (Å²) < 4.78 is 10.2. The lowest BCUT2D eigenvalue weighted by Gasteiger charge is -2.33. The summed E-state index contributed by atoms with van der Waals surface area (Å²) in [7, 11) is 1.73. The van der Waals surface area contributed by atoms with Crippen LogP contribution < -0.4 is 0 Å². The first-order valence-corrected chi connectivity index (χ1v) is 4.30. The Kier molecular flexibility index (Phi) is 2.93. The summed E-state index contributed by atoms with van der Waals surface area (Å²) in [5.41, 5.74) is -0.232. The molecule has 0 aliphatic heterocycles. The van der Waals surface area contributed by atoms with Crippen LogP contribution in [0.2, 0.25) is 0 Å². The summed E-state index contributed by atoms with van der Waals surface area (Å²) >= 11 is 0. The Hall–Kier alpha value is -0.750.